The fourth-order valence-electron chi connectivity index (χ4n) is 3.92. The summed E-state index contributed by atoms with van der Waals surface area (Å²) in [5, 5.41) is 5.44. The molecule has 0 unspecified atom stereocenters. The normalized spacial score (nSPS) is 11.3. The van der Waals surface area contributed by atoms with Gasteiger partial charge >= 0.3 is 0 Å². The van der Waals surface area contributed by atoms with Crippen LogP contribution in [0.5, 0.6) is 5.75 Å². The highest BCUT2D eigenvalue weighted by molar-refractivity contribution is 6.42. The van der Waals surface area contributed by atoms with Crippen LogP contribution in [0.15, 0.2) is 65.6 Å². The highest BCUT2D eigenvalue weighted by Gasteiger charge is 2.19. The Kier molecular flexibility index (Phi) is 6.24. The van der Waals surface area contributed by atoms with Crippen LogP contribution >= 0.6 is 23.2 Å². The molecule has 0 spiro atoms. The summed E-state index contributed by atoms with van der Waals surface area (Å²) < 4.78 is 36.0. The lowest BCUT2D eigenvalue weighted by atomic mass is 10.1. The summed E-state index contributed by atoms with van der Waals surface area (Å²) in [6.45, 7) is 3.41. The van der Waals surface area contributed by atoms with E-state index >= 15 is 0 Å². The zero-order chi connectivity index (χ0) is 25.6. The zero-order valence-corrected chi connectivity index (χ0v) is 20.6. The molecule has 0 fully saturated rings. The number of benzene rings is 2. The van der Waals surface area contributed by atoms with Crippen LogP contribution in [-0.2, 0) is 6.61 Å². The van der Waals surface area contributed by atoms with Gasteiger partial charge in [-0.1, -0.05) is 23.2 Å². The third-order valence-corrected chi connectivity index (χ3v) is 6.43. The van der Waals surface area contributed by atoms with Crippen LogP contribution in [0.25, 0.3) is 22.6 Å². The first kappa shape index (κ1) is 24.0. The number of nitrogens with zero attached hydrogens (tertiary/aromatic N) is 4. The lowest BCUT2D eigenvalue weighted by Gasteiger charge is -2.12. The number of hydrogen-bond acceptors (Lipinski definition) is 4. The summed E-state index contributed by atoms with van der Waals surface area (Å²) in [4.78, 5) is 18.1. The van der Waals surface area contributed by atoms with E-state index in [1.54, 1.807) is 54.2 Å². The van der Waals surface area contributed by atoms with Gasteiger partial charge in [0.1, 0.15) is 23.9 Å². The van der Waals surface area contributed by atoms with E-state index in [4.69, 9.17) is 27.9 Å². The van der Waals surface area contributed by atoms with Crippen molar-refractivity contribution in [2.24, 2.45) is 0 Å². The van der Waals surface area contributed by atoms with E-state index in [1.807, 2.05) is 6.92 Å². The number of fused-ring (bicyclic) bond motifs is 1. The van der Waals surface area contributed by atoms with E-state index in [0.717, 1.165) is 17.8 Å². The molecule has 10 heteroatoms. The maximum atomic E-state index is 14.0. The first-order valence-corrected chi connectivity index (χ1v) is 11.6. The number of hydrogen-bond donors (Lipinski definition) is 0. The van der Waals surface area contributed by atoms with Crippen molar-refractivity contribution >= 4 is 28.8 Å². The number of ether oxygens (including phenoxy) is 1. The molecule has 3 aromatic heterocycles. The van der Waals surface area contributed by atoms with Crippen LogP contribution in [0.4, 0.5) is 8.78 Å². The summed E-state index contributed by atoms with van der Waals surface area (Å²) in [7, 11) is 0. The summed E-state index contributed by atoms with van der Waals surface area (Å²) in [6.07, 6.45) is 1.57. The standard InChI is InChI=1S/C26H18Cl2F2N4O2/c1-14-10-22(32-34(14)18-7-8-19(27)20(28)12-18)24-15(2)31-25-23(4-3-9-33(25)26(24)35)36-13-16-5-6-17(29)11-21(16)30/h3-12H,13H2,1-2H3. The van der Waals surface area contributed by atoms with Crippen LogP contribution in [0.2, 0.25) is 10.0 Å². The molecule has 0 aliphatic heterocycles. The molecule has 0 bridgehead atoms. The Labute approximate surface area is 214 Å². The Morgan fingerprint density at radius 3 is 2.56 bits per heavy atom. The van der Waals surface area contributed by atoms with E-state index in [-0.39, 0.29) is 29.1 Å². The molecule has 2 aromatic carbocycles. The summed E-state index contributed by atoms with van der Waals surface area (Å²) in [5.74, 6) is -1.10. The highest BCUT2D eigenvalue weighted by atomic mass is 35.5. The van der Waals surface area contributed by atoms with Gasteiger partial charge in [-0.05, 0) is 62.4 Å². The second kappa shape index (κ2) is 9.37. The van der Waals surface area contributed by atoms with Gasteiger partial charge in [0.2, 0.25) is 0 Å². The second-order valence-corrected chi connectivity index (χ2v) is 8.96. The number of aromatic nitrogens is 4. The number of aryl methyl sites for hydroxylation is 2. The topological polar surface area (TPSA) is 61.4 Å². The fourth-order valence-corrected chi connectivity index (χ4v) is 4.21. The Hall–Kier alpha value is -3.75. The van der Waals surface area contributed by atoms with Gasteiger partial charge in [-0.3, -0.25) is 9.20 Å². The lowest BCUT2D eigenvalue weighted by molar-refractivity contribution is 0.301. The second-order valence-electron chi connectivity index (χ2n) is 8.15. The van der Waals surface area contributed by atoms with Crippen molar-refractivity contribution in [1.29, 1.82) is 0 Å². The molecule has 0 amide bonds. The van der Waals surface area contributed by atoms with Crippen LogP contribution in [0, 0.1) is 25.5 Å². The molecule has 5 rings (SSSR count). The Morgan fingerprint density at radius 2 is 1.81 bits per heavy atom. The largest absolute Gasteiger partial charge is 0.485 e. The molecular formula is C26H18Cl2F2N4O2. The molecule has 0 N–H and O–H groups in total. The van der Waals surface area contributed by atoms with Crippen LogP contribution in [0.1, 0.15) is 17.0 Å². The minimum Gasteiger partial charge on any atom is -0.485 e. The van der Waals surface area contributed by atoms with Gasteiger partial charge in [0, 0.05) is 23.5 Å². The molecule has 0 saturated heterocycles. The van der Waals surface area contributed by atoms with Gasteiger partial charge in [0.05, 0.1) is 27.0 Å². The molecule has 0 saturated carbocycles. The van der Waals surface area contributed by atoms with Gasteiger partial charge in [-0.15, -0.1) is 0 Å². The maximum absolute atomic E-state index is 14.0. The minimum absolute atomic E-state index is 0.157. The summed E-state index contributed by atoms with van der Waals surface area (Å²) in [6, 6.07) is 13.5. The van der Waals surface area contributed by atoms with E-state index in [9.17, 15) is 13.6 Å². The van der Waals surface area contributed by atoms with Crippen LogP contribution in [-0.4, -0.2) is 19.2 Å². The Balaban J connectivity index is 1.54. The summed E-state index contributed by atoms with van der Waals surface area (Å²) in [5.41, 5.74) is 2.81. The highest BCUT2D eigenvalue weighted by Crippen LogP contribution is 2.28. The van der Waals surface area contributed by atoms with Gasteiger partial charge in [0.25, 0.3) is 5.56 Å². The average Bonchev–Trinajstić information content (AvgIpc) is 3.21. The quantitative estimate of drug-likeness (QED) is 0.268. The van der Waals surface area contributed by atoms with Crippen molar-refractivity contribution in [2.45, 2.75) is 20.5 Å². The van der Waals surface area contributed by atoms with Crippen molar-refractivity contribution in [3.8, 4) is 22.7 Å². The van der Waals surface area contributed by atoms with E-state index in [0.29, 0.717) is 32.7 Å². The Bertz CT molecular complexity index is 1700. The molecule has 182 valence electrons. The van der Waals surface area contributed by atoms with Crippen molar-refractivity contribution in [3.63, 3.8) is 0 Å². The smallest absolute Gasteiger partial charge is 0.267 e. The third kappa shape index (κ3) is 4.34. The predicted molar refractivity (Wildman–Crippen MR) is 134 cm³/mol. The van der Waals surface area contributed by atoms with Crippen LogP contribution in [0.3, 0.4) is 0 Å². The predicted octanol–water partition coefficient (Wildman–Crippen LogP) is 6.33. The number of rotatable bonds is 5. The average molecular weight is 527 g/mol. The zero-order valence-electron chi connectivity index (χ0n) is 19.1. The molecule has 0 aliphatic carbocycles. The van der Waals surface area contributed by atoms with Crippen molar-refractivity contribution in [3.05, 3.63) is 110 Å². The minimum atomic E-state index is -0.716. The molecule has 0 radical (unpaired) electrons. The molecule has 0 atom stereocenters. The maximum Gasteiger partial charge on any atom is 0.267 e. The first-order chi connectivity index (χ1) is 17.2. The van der Waals surface area contributed by atoms with E-state index in [2.05, 4.69) is 10.1 Å². The SMILES string of the molecule is Cc1nc2c(OCc3ccc(F)cc3F)cccn2c(=O)c1-c1cc(C)n(-c2ccc(Cl)c(Cl)c2)n1. The van der Waals surface area contributed by atoms with E-state index < -0.39 is 11.6 Å². The van der Waals surface area contributed by atoms with E-state index in [1.165, 1.54) is 10.5 Å². The summed E-state index contributed by atoms with van der Waals surface area (Å²) >= 11 is 12.2. The Morgan fingerprint density at radius 1 is 1.00 bits per heavy atom. The molecular weight excluding hydrogens is 509 g/mol. The monoisotopic (exact) mass is 526 g/mol. The number of pyridine rings is 1. The van der Waals surface area contributed by atoms with Gasteiger partial charge in [-0.2, -0.15) is 5.10 Å². The number of halogens is 4. The van der Waals surface area contributed by atoms with Gasteiger partial charge in [0.15, 0.2) is 11.4 Å². The van der Waals surface area contributed by atoms with Gasteiger partial charge < -0.3 is 4.74 Å². The fraction of sp³-hybridized carbons (Fsp3) is 0.115. The molecule has 5 aromatic rings. The molecule has 36 heavy (non-hydrogen) atoms. The molecule has 3 heterocycles. The third-order valence-electron chi connectivity index (χ3n) is 5.69. The van der Waals surface area contributed by atoms with Crippen molar-refractivity contribution in [2.75, 3.05) is 0 Å². The lowest BCUT2D eigenvalue weighted by Crippen LogP contribution is -2.19. The van der Waals surface area contributed by atoms with Crippen molar-refractivity contribution < 1.29 is 13.5 Å². The molecule has 6 nitrogen and oxygen atoms in total. The van der Waals surface area contributed by atoms with Crippen molar-refractivity contribution in [1.82, 2.24) is 19.2 Å². The first-order valence-electron chi connectivity index (χ1n) is 10.8. The van der Waals surface area contributed by atoms with Crippen LogP contribution < -0.4 is 10.3 Å². The molecule has 0 aliphatic rings. The van der Waals surface area contributed by atoms with Gasteiger partial charge in [-0.25, -0.2) is 18.4 Å².